The minimum absolute atomic E-state index is 0.183. The van der Waals surface area contributed by atoms with Gasteiger partial charge in [0.2, 0.25) is 0 Å². The van der Waals surface area contributed by atoms with Crippen molar-refractivity contribution < 1.29 is 9.84 Å². The Morgan fingerprint density at radius 1 is 1.35 bits per heavy atom. The fraction of sp³-hybridized carbons (Fsp3) is 0.333. The highest BCUT2D eigenvalue weighted by molar-refractivity contribution is 7.16. The molecule has 0 saturated carbocycles. The van der Waals surface area contributed by atoms with Crippen LogP contribution in [0.1, 0.15) is 30.3 Å². The molecule has 20 heavy (non-hydrogen) atoms. The lowest BCUT2D eigenvalue weighted by Crippen LogP contribution is -2.17. The van der Waals surface area contributed by atoms with E-state index in [9.17, 15) is 5.11 Å². The number of phenolic OH excluding ortho intramolecular Hbond substituents is 1. The molecule has 1 aromatic heterocycles. The number of aromatic hydroxyl groups is 1. The Kier molecular flexibility index (Phi) is 5.29. The van der Waals surface area contributed by atoms with Crippen LogP contribution in [-0.2, 0) is 6.54 Å². The van der Waals surface area contributed by atoms with Gasteiger partial charge < -0.3 is 15.2 Å². The Labute approximate surface area is 128 Å². The van der Waals surface area contributed by atoms with Gasteiger partial charge in [-0.15, -0.1) is 11.3 Å². The third-order valence-electron chi connectivity index (χ3n) is 3.00. The lowest BCUT2D eigenvalue weighted by atomic mass is 10.1. The molecule has 0 bridgehead atoms. The summed E-state index contributed by atoms with van der Waals surface area (Å²) in [4.78, 5) is 1.18. The van der Waals surface area contributed by atoms with Crippen LogP contribution < -0.4 is 10.1 Å². The van der Waals surface area contributed by atoms with Crippen LogP contribution in [0.3, 0.4) is 0 Å². The Hall–Kier alpha value is -1.23. The average Bonchev–Trinajstić information content (AvgIpc) is 2.86. The van der Waals surface area contributed by atoms with Crippen molar-refractivity contribution in [2.75, 3.05) is 6.61 Å². The molecule has 2 aromatic rings. The first-order valence-electron chi connectivity index (χ1n) is 6.54. The van der Waals surface area contributed by atoms with Crippen molar-refractivity contribution in [2.24, 2.45) is 0 Å². The van der Waals surface area contributed by atoms with E-state index >= 15 is 0 Å². The summed E-state index contributed by atoms with van der Waals surface area (Å²) in [5.41, 5.74) is 0.824. The molecule has 0 saturated heterocycles. The summed E-state index contributed by atoms with van der Waals surface area (Å²) in [5, 5.41) is 13.5. The van der Waals surface area contributed by atoms with Gasteiger partial charge in [-0.25, -0.2) is 0 Å². The molecule has 0 spiro atoms. The Morgan fingerprint density at radius 3 is 2.80 bits per heavy atom. The number of halogens is 1. The predicted molar refractivity (Wildman–Crippen MR) is 83.9 cm³/mol. The summed E-state index contributed by atoms with van der Waals surface area (Å²) >= 11 is 7.50. The van der Waals surface area contributed by atoms with Gasteiger partial charge in [0.1, 0.15) is 0 Å². The highest BCUT2D eigenvalue weighted by Crippen LogP contribution is 2.31. The Balaban J connectivity index is 2.02. The maximum absolute atomic E-state index is 10.1. The van der Waals surface area contributed by atoms with Crippen LogP contribution in [0.15, 0.2) is 30.3 Å². The Morgan fingerprint density at radius 2 is 2.15 bits per heavy atom. The van der Waals surface area contributed by atoms with Crippen LogP contribution >= 0.6 is 22.9 Å². The first kappa shape index (κ1) is 15.2. The quantitative estimate of drug-likeness (QED) is 0.833. The molecule has 1 aromatic carbocycles. The normalized spacial score (nSPS) is 12.3. The second kappa shape index (κ2) is 6.97. The van der Waals surface area contributed by atoms with Crippen LogP contribution in [0.5, 0.6) is 11.5 Å². The monoisotopic (exact) mass is 311 g/mol. The summed E-state index contributed by atoms with van der Waals surface area (Å²) in [5.74, 6) is 0.733. The van der Waals surface area contributed by atoms with Crippen LogP contribution in [0.25, 0.3) is 0 Å². The molecule has 0 amide bonds. The number of benzene rings is 1. The second-order valence-corrected chi connectivity index (χ2v) is 6.19. The third-order valence-corrected chi connectivity index (χ3v) is 4.42. The first-order valence-corrected chi connectivity index (χ1v) is 7.73. The average molecular weight is 312 g/mol. The highest BCUT2D eigenvalue weighted by Gasteiger charge is 2.11. The number of thiophene rings is 1. The van der Waals surface area contributed by atoms with Crippen molar-refractivity contribution in [2.45, 2.75) is 26.4 Å². The molecular weight excluding hydrogens is 294 g/mol. The smallest absolute Gasteiger partial charge is 0.162 e. The van der Waals surface area contributed by atoms with Crippen molar-refractivity contribution >= 4 is 22.9 Å². The van der Waals surface area contributed by atoms with E-state index in [1.54, 1.807) is 17.4 Å². The number of nitrogens with one attached hydrogen (secondary N) is 1. The summed E-state index contributed by atoms with van der Waals surface area (Å²) in [6.45, 7) is 5.08. The van der Waals surface area contributed by atoms with E-state index < -0.39 is 0 Å². The van der Waals surface area contributed by atoms with Crippen LogP contribution in [-0.4, -0.2) is 11.7 Å². The van der Waals surface area contributed by atoms with Crippen molar-refractivity contribution in [3.8, 4) is 11.5 Å². The number of para-hydroxylation sites is 1. The van der Waals surface area contributed by atoms with E-state index in [2.05, 4.69) is 12.2 Å². The maximum Gasteiger partial charge on any atom is 0.162 e. The summed E-state index contributed by atoms with van der Waals surface area (Å²) in [7, 11) is 0. The van der Waals surface area contributed by atoms with Gasteiger partial charge in [0.15, 0.2) is 11.5 Å². The molecule has 0 fully saturated rings. The van der Waals surface area contributed by atoms with Gasteiger partial charge in [-0.2, -0.15) is 0 Å². The van der Waals surface area contributed by atoms with Crippen LogP contribution in [0.2, 0.25) is 4.34 Å². The molecule has 0 aliphatic heterocycles. The number of hydrogen-bond acceptors (Lipinski definition) is 4. The minimum atomic E-state index is 0.183. The van der Waals surface area contributed by atoms with Crippen molar-refractivity contribution in [1.82, 2.24) is 5.32 Å². The van der Waals surface area contributed by atoms with Crippen molar-refractivity contribution in [3.63, 3.8) is 0 Å². The maximum atomic E-state index is 10.1. The fourth-order valence-corrected chi connectivity index (χ4v) is 2.99. The van der Waals surface area contributed by atoms with Crippen LogP contribution in [0.4, 0.5) is 0 Å². The molecule has 5 heteroatoms. The molecular formula is C15H18ClNO2S. The molecule has 0 aliphatic carbocycles. The molecule has 0 aliphatic rings. The minimum Gasteiger partial charge on any atom is -0.504 e. The highest BCUT2D eigenvalue weighted by atomic mass is 35.5. The van der Waals surface area contributed by atoms with E-state index in [1.165, 1.54) is 4.88 Å². The molecule has 0 radical (unpaired) electrons. The molecule has 3 nitrogen and oxygen atoms in total. The van der Waals surface area contributed by atoms with Crippen molar-refractivity contribution in [3.05, 3.63) is 45.1 Å². The summed E-state index contributed by atoms with van der Waals surface area (Å²) in [6, 6.07) is 9.63. The zero-order chi connectivity index (χ0) is 14.5. The van der Waals surface area contributed by atoms with Gasteiger partial charge in [-0.3, -0.25) is 0 Å². The lowest BCUT2D eigenvalue weighted by Gasteiger charge is -2.14. The van der Waals surface area contributed by atoms with Gasteiger partial charge in [0, 0.05) is 23.0 Å². The first-order chi connectivity index (χ1) is 9.61. The molecule has 108 valence electrons. The zero-order valence-corrected chi connectivity index (χ0v) is 13.1. The third kappa shape index (κ3) is 3.66. The SMILES string of the molecule is CCOc1cccc(CNC(C)c2ccc(Cl)s2)c1O. The van der Waals surface area contributed by atoms with Gasteiger partial charge in [-0.1, -0.05) is 23.7 Å². The summed E-state index contributed by atoms with van der Waals surface area (Å²) < 4.78 is 6.17. The lowest BCUT2D eigenvalue weighted by molar-refractivity contribution is 0.316. The van der Waals surface area contributed by atoms with Gasteiger partial charge in [0.05, 0.1) is 10.9 Å². The number of rotatable bonds is 6. The second-order valence-electron chi connectivity index (χ2n) is 4.44. The number of ether oxygens (including phenoxy) is 1. The predicted octanol–water partition coefficient (Wildman–Crippen LogP) is 4.36. The van der Waals surface area contributed by atoms with Gasteiger partial charge in [-0.05, 0) is 32.0 Å². The number of phenols is 1. The molecule has 2 rings (SSSR count). The molecule has 1 atom stereocenters. The van der Waals surface area contributed by atoms with E-state index in [0.717, 1.165) is 9.90 Å². The standard InChI is InChI=1S/C15H18ClNO2S/c1-3-19-12-6-4-5-11(15(12)18)9-17-10(2)13-7-8-14(16)20-13/h4-8,10,17-18H,3,9H2,1-2H3. The van der Waals surface area contributed by atoms with Gasteiger partial charge >= 0.3 is 0 Å². The van der Waals surface area contributed by atoms with Gasteiger partial charge in [0.25, 0.3) is 0 Å². The Bertz CT molecular complexity index is 571. The summed E-state index contributed by atoms with van der Waals surface area (Å²) in [6.07, 6.45) is 0. The van der Waals surface area contributed by atoms with E-state index in [0.29, 0.717) is 18.9 Å². The molecule has 1 unspecified atom stereocenters. The van der Waals surface area contributed by atoms with E-state index in [1.807, 2.05) is 31.2 Å². The topological polar surface area (TPSA) is 41.5 Å². The fourth-order valence-electron chi connectivity index (χ4n) is 1.91. The largest absolute Gasteiger partial charge is 0.504 e. The van der Waals surface area contributed by atoms with E-state index in [4.69, 9.17) is 16.3 Å². The molecule has 2 N–H and O–H groups in total. The van der Waals surface area contributed by atoms with Crippen molar-refractivity contribution in [1.29, 1.82) is 0 Å². The van der Waals surface area contributed by atoms with Crippen LogP contribution in [0, 0.1) is 0 Å². The zero-order valence-electron chi connectivity index (χ0n) is 11.5. The van der Waals surface area contributed by atoms with E-state index in [-0.39, 0.29) is 11.8 Å². The molecule has 1 heterocycles. The number of hydrogen-bond donors (Lipinski definition) is 2.